The molecular weight excluding hydrogens is 600 g/mol. The van der Waals surface area contributed by atoms with E-state index in [1.54, 1.807) is 0 Å². The SMILES string of the molecule is Cc1cc(C)c(-c2cn3c(n2)c2[c-]cccc2c2cc(Br)cc(C)c23)c(C)c1.[Ir]. The predicted octanol–water partition coefficient (Wildman–Crippen LogP) is 7.10. The summed E-state index contributed by atoms with van der Waals surface area (Å²) in [6.45, 7) is 8.64. The zero-order chi connectivity index (χ0) is 19.6. The van der Waals surface area contributed by atoms with Gasteiger partial charge in [-0.15, -0.1) is 29.7 Å². The van der Waals surface area contributed by atoms with Crippen LogP contribution in [-0.2, 0) is 20.1 Å². The van der Waals surface area contributed by atoms with Crippen LogP contribution < -0.4 is 0 Å². The van der Waals surface area contributed by atoms with Gasteiger partial charge in [-0.25, -0.2) is 0 Å². The van der Waals surface area contributed by atoms with Gasteiger partial charge < -0.3 is 4.40 Å². The third-order valence-corrected chi connectivity index (χ3v) is 5.97. The van der Waals surface area contributed by atoms with Gasteiger partial charge >= 0.3 is 0 Å². The van der Waals surface area contributed by atoms with Crippen LogP contribution in [0.15, 0.2) is 53.1 Å². The first-order chi connectivity index (χ1) is 13.4. The van der Waals surface area contributed by atoms with Crippen LogP contribution in [-0.4, -0.2) is 9.38 Å². The van der Waals surface area contributed by atoms with Gasteiger partial charge in [0.1, 0.15) is 0 Å². The number of pyridine rings is 1. The van der Waals surface area contributed by atoms with Crippen molar-refractivity contribution in [3.8, 4) is 11.3 Å². The molecule has 0 aliphatic heterocycles. The van der Waals surface area contributed by atoms with Crippen LogP contribution in [0.2, 0.25) is 0 Å². The van der Waals surface area contributed by atoms with Crippen LogP contribution >= 0.6 is 15.9 Å². The molecule has 0 bridgehead atoms. The number of fused-ring (bicyclic) bond motifs is 6. The molecule has 2 aromatic heterocycles. The van der Waals surface area contributed by atoms with Gasteiger partial charge in [0.05, 0.1) is 11.3 Å². The topological polar surface area (TPSA) is 17.3 Å². The zero-order valence-corrected chi connectivity index (χ0v) is 20.7. The van der Waals surface area contributed by atoms with Crippen LogP contribution in [0, 0.1) is 33.8 Å². The summed E-state index contributed by atoms with van der Waals surface area (Å²) in [5, 5.41) is 3.46. The van der Waals surface area contributed by atoms with E-state index in [-0.39, 0.29) is 20.1 Å². The molecule has 0 N–H and O–H groups in total. The Morgan fingerprint density at radius 1 is 0.931 bits per heavy atom. The average Bonchev–Trinajstić information content (AvgIpc) is 3.05. The van der Waals surface area contributed by atoms with E-state index in [4.69, 9.17) is 4.98 Å². The molecule has 0 aliphatic carbocycles. The molecule has 2 nitrogen and oxygen atoms in total. The van der Waals surface area contributed by atoms with Crippen molar-refractivity contribution < 1.29 is 20.1 Å². The van der Waals surface area contributed by atoms with E-state index in [1.165, 1.54) is 44.1 Å². The zero-order valence-electron chi connectivity index (χ0n) is 16.7. The van der Waals surface area contributed by atoms with Crippen molar-refractivity contribution in [2.45, 2.75) is 27.7 Å². The molecule has 0 spiro atoms. The van der Waals surface area contributed by atoms with Crippen LogP contribution in [0.3, 0.4) is 0 Å². The fourth-order valence-corrected chi connectivity index (χ4v) is 5.11. The fourth-order valence-electron chi connectivity index (χ4n) is 4.54. The Hall–Kier alpha value is -2.00. The predicted molar refractivity (Wildman–Crippen MR) is 121 cm³/mol. The molecule has 0 saturated carbocycles. The van der Waals surface area contributed by atoms with E-state index in [0.717, 1.165) is 21.2 Å². The molecule has 29 heavy (non-hydrogen) atoms. The van der Waals surface area contributed by atoms with E-state index in [9.17, 15) is 0 Å². The Labute approximate surface area is 192 Å². The van der Waals surface area contributed by atoms with Crippen molar-refractivity contribution in [1.82, 2.24) is 9.38 Å². The summed E-state index contributed by atoms with van der Waals surface area (Å²) in [5.41, 5.74) is 9.43. The summed E-state index contributed by atoms with van der Waals surface area (Å²) in [4.78, 5) is 5.10. The van der Waals surface area contributed by atoms with Gasteiger partial charge in [-0.1, -0.05) is 39.0 Å². The first-order valence-electron chi connectivity index (χ1n) is 9.43. The van der Waals surface area contributed by atoms with Gasteiger partial charge in [-0.3, -0.25) is 4.98 Å². The maximum Gasteiger partial charge on any atom is 0.0777 e. The first-order valence-corrected chi connectivity index (χ1v) is 10.2. The number of hydrogen-bond donors (Lipinski definition) is 0. The van der Waals surface area contributed by atoms with Crippen LogP contribution in [0.4, 0.5) is 0 Å². The molecule has 5 rings (SSSR count). The summed E-state index contributed by atoms with van der Waals surface area (Å²) in [5.74, 6) is 0. The van der Waals surface area contributed by atoms with Crippen molar-refractivity contribution in [2.24, 2.45) is 0 Å². The number of nitrogens with zero attached hydrogens (tertiary/aromatic N) is 2. The monoisotopic (exact) mass is 620 g/mol. The van der Waals surface area contributed by atoms with Crippen molar-refractivity contribution in [3.63, 3.8) is 0 Å². The average molecular weight is 621 g/mol. The second-order valence-electron chi connectivity index (χ2n) is 7.67. The number of aromatic nitrogens is 2. The molecule has 0 fully saturated rings. The van der Waals surface area contributed by atoms with Crippen molar-refractivity contribution in [1.29, 1.82) is 0 Å². The fraction of sp³-hybridized carbons (Fsp3) is 0.160. The Balaban J connectivity index is 0.00000205. The number of imidazole rings is 1. The largest absolute Gasteiger partial charge is 0.339 e. The second kappa shape index (κ2) is 7.36. The Morgan fingerprint density at radius 3 is 2.38 bits per heavy atom. The van der Waals surface area contributed by atoms with Gasteiger partial charge in [0.2, 0.25) is 0 Å². The third kappa shape index (κ3) is 3.15. The quantitative estimate of drug-likeness (QED) is 0.144. The molecule has 5 aromatic rings. The standard InChI is InChI=1S/C25H20BrN2.Ir/c1-14-9-15(2)23(16(3)10-14)22-13-28-24-17(4)11-18(26)12-21(24)19-7-5-6-8-20(19)25(28)27-22;/h5-7,9-13H,1-4H3;/q-1;. The number of rotatable bonds is 1. The molecule has 1 radical (unpaired) electrons. The van der Waals surface area contributed by atoms with E-state index in [0.29, 0.717) is 0 Å². The summed E-state index contributed by atoms with van der Waals surface area (Å²) < 4.78 is 3.33. The van der Waals surface area contributed by atoms with Crippen molar-refractivity contribution >= 4 is 43.3 Å². The summed E-state index contributed by atoms with van der Waals surface area (Å²) in [6.07, 6.45) is 2.18. The smallest absolute Gasteiger partial charge is 0.0777 e. The van der Waals surface area contributed by atoms with Crippen LogP contribution in [0.5, 0.6) is 0 Å². The van der Waals surface area contributed by atoms with Gasteiger partial charge in [0.25, 0.3) is 0 Å². The minimum atomic E-state index is 0. The van der Waals surface area contributed by atoms with Gasteiger partial charge in [-0.05, 0) is 61.9 Å². The van der Waals surface area contributed by atoms with Crippen LogP contribution in [0.1, 0.15) is 22.3 Å². The molecule has 0 aliphatic rings. The number of hydrogen-bond acceptors (Lipinski definition) is 1. The maximum atomic E-state index is 5.10. The Kier molecular flexibility index (Phi) is 5.14. The van der Waals surface area contributed by atoms with E-state index >= 15 is 0 Å². The minimum Gasteiger partial charge on any atom is -0.339 e. The second-order valence-corrected chi connectivity index (χ2v) is 8.59. The Bertz CT molecular complexity index is 1390. The van der Waals surface area contributed by atoms with Crippen molar-refractivity contribution in [3.05, 3.63) is 81.5 Å². The van der Waals surface area contributed by atoms with Gasteiger partial charge in [0, 0.05) is 41.9 Å². The molecule has 0 saturated heterocycles. The molecule has 0 amide bonds. The summed E-state index contributed by atoms with van der Waals surface area (Å²) in [7, 11) is 0. The summed E-state index contributed by atoms with van der Waals surface area (Å²) >= 11 is 3.67. The normalized spacial score (nSPS) is 11.3. The maximum absolute atomic E-state index is 5.10. The molecule has 0 atom stereocenters. The van der Waals surface area contributed by atoms with Crippen LogP contribution in [0.25, 0.3) is 38.6 Å². The molecule has 0 unspecified atom stereocenters. The third-order valence-electron chi connectivity index (χ3n) is 5.52. The first kappa shape index (κ1) is 20.3. The molecule has 4 heteroatoms. The summed E-state index contributed by atoms with van der Waals surface area (Å²) in [6, 6.07) is 18.4. The van der Waals surface area contributed by atoms with Crippen molar-refractivity contribution in [2.75, 3.05) is 0 Å². The van der Waals surface area contributed by atoms with E-state index in [2.05, 4.69) is 90.6 Å². The molecule has 2 heterocycles. The number of benzene rings is 3. The number of aryl methyl sites for hydroxylation is 4. The molecule has 147 valence electrons. The van der Waals surface area contributed by atoms with E-state index < -0.39 is 0 Å². The Morgan fingerprint density at radius 2 is 1.66 bits per heavy atom. The minimum absolute atomic E-state index is 0. The molecule has 3 aromatic carbocycles. The van der Waals surface area contributed by atoms with Gasteiger partial charge in [0.15, 0.2) is 0 Å². The van der Waals surface area contributed by atoms with E-state index in [1.807, 2.05) is 12.1 Å². The van der Waals surface area contributed by atoms with Gasteiger partial charge in [-0.2, -0.15) is 0 Å². The number of halogens is 1. The molecular formula is C25H20BrIrN2-.